The average Bonchev–Trinajstić information content (AvgIpc) is 2.86. The van der Waals surface area contributed by atoms with E-state index in [4.69, 9.17) is 4.74 Å². The number of benzene rings is 2. The Hall–Kier alpha value is -2.55. The van der Waals surface area contributed by atoms with E-state index >= 15 is 0 Å². The maximum absolute atomic E-state index is 5.25. The van der Waals surface area contributed by atoms with E-state index in [0.717, 1.165) is 17.1 Å². The second-order valence-electron chi connectivity index (χ2n) is 5.54. The first-order chi connectivity index (χ1) is 10.6. The fourth-order valence-electron chi connectivity index (χ4n) is 2.65. The number of ether oxygens (including phenoxy) is 1. The van der Waals surface area contributed by atoms with E-state index in [2.05, 4.69) is 55.5 Å². The van der Waals surface area contributed by atoms with Gasteiger partial charge in [-0.05, 0) is 55.7 Å². The lowest BCUT2D eigenvalue weighted by atomic mass is 9.98. The third-order valence-corrected chi connectivity index (χ3v) is 4.02. The summed E-state index contributed by atoms with van der Waals surface area (Å²) in [6.07, 6.45) is 2.08. The fraction of sp³-hybridized carbons (Fsp3) is 0.211. The number of hydrogen-bond donors (Lipinski definition) is 0. The van der Waals surface area contributed by atoms with Crippen molar-refractivity contribution >= 4 is 0 Å². The van der Waals surface area contributed by atoms with Gasteiger partial charge in [0, 0.05) is 11.8 Å². The number of aryl methyl sites for hydroxylation is 3. The minimum atomic E-state index is 0.865. The molecule has 1 heterocycles. The van der Waals surface area contributed by atoms with Crippen LogP contribution in [0, 0.1) is 20.8 Å². The second kappa shape index (κ2) is 5.68. The molecule has 0 saturated heterocycles. The molecule has 0 aliphatic rings. The zero-order valence-corrected chi connectivity index (χ0v) is 13.4. The van der Waals surface area contributed by atoms with Crippen molar-refractivity contribution in [3.05, 3.63) is 65.5 Å². The third kappa shape index (κ3) is 2.50. The smallest absolute Gasteiger partial charge is 0.118 e. The summed E-state index contributed by atoms with van der Waals surface area (Å²) in [7, 11) is 1.68. The quantitative estimate of drug-likeness (QED) is 0.712. The Kier molecular flexibility index (Phi) is 3.72. The Labute approximate surface area is 131 Å². The molecule has 0 saturated carbocycles. The Morgan fingerprint density at radius 3 is 2.23 bits per heavy atom. The molecule has 112 valence electrons. The number of hydrogen-bond acceptors (Lipinski definition) is 2. The van der Waals surface area contributed by atoms with E-state index in [0.29, 0.717) is 0 Å². The van der Waals surface area contributed by atoms with Crippen molar-refractivity contribution < 1.29 is 4.74 Å². The fourth-order valence-corrected chi connectivity index (χ4v) is 2.65. The van der Waals surface area contributed by atoms with Crippen LogP contribution in [-0.2, 0) is 0 Å². The largest absolute Gasteiger partial charge is 0.497 e. The molecule has 0 N–H and O–H groups in total. The van der Waals surface area contributed by atoms with Crippen LogP contribution in [-0.4, -0.2) is 16.9 Å². The van der Waals surface area contributed by atoms with Crippen LogP contribution >= 0.6 is 0 Å². The summed E-state index contributed by atoms with van der Waals surface area (Å²) in [6, 6.07) is 14.5. The first-order valence-corrected chi connectivity index (χ1v) is 7.37. The Morgan fingerprint density at radius 1 is 0.909 bits per heavy atom. The summed E-state index contributed by atoms with van der Waals surface area (Å²) >= 11 is 0. The maximum Gasteiger partial charge on any atom is 0.118 e. The van der Waals surface area contributed by atoms with Crippen LogP contribution in [0.2, 0.25) is 0 Å². The molecular formula is C19H20N2O. The van der Waals surface area contributed by atoms with Gasteiger partial charge in [-0.1, -0.05) is 24.3 Å². The normalized spacial score (nSPS) is 10.7. The predicted molar refractivity (Wildman–Crippen MR) is 89.8 cm³/mol. The number of rotatable bonds is 3. The molecule has 0 unspecified atom stereocenters. The van der Waals surface area contributed by atoms with Gasteiger partial charge in [-0.2, -0.15) is 5.10 Å². The van der Waals surface area contributed by atoms with Gasteiger partial charge >= 0.3 is 0 Å². The van der Waals surface area contributed by atoms with Gasteiger partial charge in [-0.25, -0.2) is 4.68 Å². The molecular weight excluding hydrogens is 272 g/mol. The van der Waals surface area contributed by atoms with Gasteiger partial charge in [0.2, 0.25) is 0 Å². The molecule has 3 aromatic rings. The molecule has 0 radical (unpaired) electrons. The summed E-state index contributed by atoms with van der Waals surface area (Å²) in [5, 5.41) is 4.63. The molecule has 3 heteroatoms. The molecule has 0 amide bonds. The van der Waals surface area contributed by atoms with Gasteiger partial charge in [0.05, 0.1) is 18.5 Å². The molecule has 1 aromatic heterocycles. The van der Waals surface area contributed by atoms with Crippen LogP contribution in [0.15, 0.2) is 48.7 Å². The van der Waals surface area contributed by atoms with Crippen LogP contribution in [0.5, 0.6) is 5.75 Å². The Bertz CT molecular complexity index is 781. The van der Waals surface area contributed by atoms with E-state index in [1.807, 2.05) is 23.7 Å². The van der Waals surface area contributed by atoms with Crippen LogP contribution in [0.4, 0.5) is 0 Å². The van der Waals surface area contributed by atoms with Gasteiger partial charge in [0.1, 0.15) is 5.75 Å². The van der Waals surface area contributed by atoms with Crippen LogP contribution in [0.1, 0.15) is 16.8 Å². The van der Waals surface area contributed by atoms with Crippen molar-refractivity contribution in [2.45, 2.75) is 20.8 Å². The first-order valence-electron chi connectivity index (χ1n) is 7.37. The van der Waals surface area contributed by atoms with Crippen molar-refractivity contribution in [3.63, 3.8) is 0 Å². The van der Waals surface area contributed by atoms with Crippen molar-refractivity contribution in [1.82, 2.24) is 9.78 Å². The average molecular weight is 292 g/mol. The Balaban J connectivity index is 2.17. The van der Waals surface area contributed by atoms with Crippen LogP contribution in [0.3, 0.4) is 0 Å². The highest BCUT2D eigenvalue weighted by Gasteiger charge is 2.12. The van der Waals surface area contributed by atoms with Gasteiger partial charge in [-0.15, -0.1) is 0 Å². The molecule has 22 heavy (non-hydrogen) atoms. The topological polar surface area (TPSA) is 27.1 Å². The van der Waals surface area contributed by atoms with E-state index in [-0.39, 0.29) is 0 Å². The molecule has 3 rings (SSSR count). The molecule has 2 aromatic carbocycles. The van der Waals surface area contributed by atoms with E-state index < -0.39 is 0 Å². The number of aromatic nitrogens is 2. The molecule has 0 atom stereocenters. The lowest BCUT2D eigenvalue weighted by Gasteiger charge is -2.13. The SMILES string of the molecule is COc1ccc(-c2c(C)cccc2-n2cc(C)c(C)n2)cc1. The highest BCUT2D eigenvalue weighted by molar-refractivity contribution is 5.76. The van der Waals surface area contributed by atoms with Gasteiger partial charge in [0.25, 0.3) is 0 Å². The van der Waals surface area contributed by atoms with Crippen LogP contribution < -0.4 is 4.74 Å². The summed E-state index contributed by atoms with van der Waals surface area (Å²) < 4.78 is 7.22. The standard InChI is InChI=1S/C19H20N2O/c1-13-6-5-7-18(21-12-14(2)15(3)20-21)19(13)16-8-10-17(22-4)11-9-16/h5-12H,1-4H3. The van der Waals surface area contributed by atoms with Crippen molar-refractivity contribution in [3.8, 4) is 22.6 Å². The molecule has 0 aliphatic heterocycles. The van der Waals surface area contributed by atoms with Crippen molar-refractivity contribution in [2.75, 3.05) is 7.11 Å². The minimum absolute atomic E-state index is 0.865. The predicted octanol–water partition coefficient (Wildman–Crippen LogP) is 4.47. The Morgan fingerprint density at radius 2 is 1.64 bits per heavy atom. The molecule has 0 fully saturated rings. The second-order valence-corrected chi connectivity index (χ2v) is 5.54. The van der Waals surface area contributed by atoms with Crippen molar-refractivity contribution in [2.24, 2.45) is 0 Å². The van der Waals surface area contributed by atoms with Gasteiger partial charge in [-0.3, -0.25) is 0 Å². The molecule has 0 spiro atoms. The molecule has 0 bridgehead atoms. The van der Waals surface area contributed by atoms with Gasteiger partial charge in [0.15, 0.2) is 0 Å². The van der Waals surface area contributed by atoms with Crippen LogP contribution in [0.25, 0.3) is 16.8 Å². The number of nitrogens with zero attached hydrogens (tertiary/aromatic N) is 2. The summed E-state index contributed by atoms with van der Waals surface area (Å²) in [4.78, 5) is 0. The molecule has 3 nitrogen and oxygen atoms in total. The van der Waals surface area contributed by atoms with E-state index in [1.165, 1.54) is 22.3 Å². The monoisotopic (exact) mass is 292 g/mol. The lowest BCUT2D eigenvalue weighted by Crippen LogP contribution is -1.99. The van der Waals surface area contributed by atoms with E-state index in [1.54, 1.807) is 7.11 Å². The minimum Gasteiger partial charge on any atom is -0.497 e. The zero-order valence-electron chi connectivity index (χ0n) is 13.4. The highest BCUT2D eigenvalue weighted by atomic mass is 16.5. The zero-order chi connectivity index (χ0) is 15.7. The van der Waals surface area contributed by atoms with E-state index in [9.17, 15) is 0 Å². The highest BCUT2D eigenvalue weighted by Crippen LogP contribution is 2.31. The van der Waals surface area contributed by atoms with Gasteiger partial charge < -0.3 is 4.74 Å². The summed E-state index contributed by atoms with van der Waals surface area (Å²) in [5.74, 6) is 0.865. The molecule has 0 aliphatic carbocycles. The maximum atomic E-state index is 5.25. The summed E-state index contributed by atoms with van der Waals surface area (Å²) in [6.45, 7) is 6.25. The third-order valence-electron chi connectivity index (χ3n) is 4.02. The number of methoxy groups -OCH3 is 1. The van der Waals surface area contributed by atoms with Crippen molar-refractivity contribution in [1.29, 1.82) is 0 Å². The lowest BCUT2D eigenvalue weighted by molar-refractivity contribution is 0.415. The summed E-state index contributed by atoms with van der Waals surface area (Å²) in [5.41, 5.74) is 6.95. The first kappa shape index (κ1) is 14.4.